The molecule has 1 N–H and O–H groups in total. The minimum absolute atomic E-state index is 0. The summed E-state index contributed by atoms with van der Waals surface area (Å²) in [4.78, 5) is 23.4. The quantitative estimate of drug-likeness (QED) is 0.334. The molecule has 1 aromatic rings. The highest BCUT2D eigenvalue weighted by molar-refractivity contribution is 14.0. The molecule has 0 bridgehead atoms. The van der Waals surface area contributed by atoms with Crippen molar-refractivity contribution in [2.24, 2.45) is 10.9 Å². The van der Waals surface area contributed by atoms with E-state index in [-0.39, 0.29) is 24.0 Å². The molecule has 0 unspecified atom stereocenters. The molecule has 1 heterocycles. The van der Waals surface area contributed by atoms with Crippen molar-refractivity contribution >= 4 is 35.8 Å². The fraction of sp³-hybridized carbons (Fsp3) is 0.636. The number of rotatable bonds is 7. The lowest BCUT2D eigenvalue weighted by Crippen LogP contribution is -2.52. The zero-order chi connectivity index (χ0) is 20.6. The number of piperazine rings is 1. The number of hydrogen-bond acceptors (Lipinski definition) is 4. The second kappa shape index (κ2) is 12.3. The summed E-state index contributed by atoms with van der Waals surface area (Å²) >= 11 is 0. The van der Waals surface area contributed by atoms with Crippen LogP contribution in [0.15, 0.2) is 29.3 Å². The minimum atomic E-state index is 0. The van der Waals surface area contributed by atoms with Crippen LogP contribution >= 0.6 is 24.0 Å². The van der Waals surface area contributed by atoms with E-state index in [1.807, 2.05) is 26.2 Å². The topological polar surface area (TPSA) is 60.4 Å². The van der Waals surface area contributed by atoms with Crippen molar-refractivity contribution in [1.82, 2.24) is 20.0 Å². The Balaban J connectivity index is 0.00000320. The maximum Gasteiger partial charge on any atom is 0.225 e. The lowest BCUT2D eigenvalue weighted by molar-refractivity contribution is -0.139. The van der Waals surface area contributed by atoms with Gasteiger partial charge in [0, 0.05) is 65.8 Å². The first-order valence-corrected chi connectivity index (χ1v) is 10.7. The Morgan fingerprint density at radius 1 is 1.20 bits per heavy atom. The van der Waals surface area contributed by atoms with Gasteiger partial charge >= 0.3 is 0 Å². The molecule has 8 heteroatoms. The summed E-state index contributed by atoms with van der Waals surface area (Å²) in [6, 6.07) is 8.11. The van der Waals surface area contributed by atoms with Crippen LogP contribution in [0.3, 0.4) is 0 Å². The van der Waals surface area contributed by atoms with E-state index in [1.54, 1.807) is 7.11 Å². The number of carbonyl (C=O) groups excluding carboxylic acids is 1. The van der Waals surface area contributed by atoms with Gasteiger partial charge in [-0.25, -0.2) is 0 Å². The highest BCUT2D eigenvalue weighted by Crippen LogP contribution is 2.28. The minimum Gasteiger partial charge on any atom is -0.497 e. The average Bonchev–Trinajstić information content (AvgIpc) is 2.71. The van der Waals surface area contributed by atoms with Gasteiger partial charge in [0.2, 0.25) is 5.91 Å². The molecular weight excluding hydrogens is 493 g/mol. The Morgan fingerprint density at radius 2 is 1.87 bits per heavy atom. The summed E-state index contributed by atoms with van der Waals surface area (Å²) in [7, 11) is 5.54. The fourth-order valence-electron chi connectivity index (χ4n) is 3.90. The molecule has 1 saturated carbocycles. The van der Waals surface area contributed by atoms with Crippen LogP contribution < -0.4 is 10.1 Å². The molecule has 2 aliphatic rings. The van der Waals surface area contributed by atoms with Gasteiger partial charge in [-0.3, -0.25) is 14.7 Å². The zero-order valence-corrected chi connectivity index (χ0v) is 20.8. The van der Waals surface area contributed by atoms with Gasteiger partial charge in [-0.2, -0.15) is 0 Å². The monoisotopic (exact) mass is 529 g/mol. The zero-order valence-electron chi connectivity index (χ0n) is 18.5. The van der Waals surface area contributed by atoms with E-state index < -0.39 is 0 Å². The molecule has 0 radical (unpaired) electrons. The number of guanidine groups is 1. The molecular formula is C22H36IN5O2. The predicted molar refractivity (Wildman–Crippen MR) is 132 cm³/mol. The van der Waals surface area contributed by atoms with E-state index in [1.165, 1.54) is 12.0 Å². The summed E-state index contributed by atoms with van der Waals surface area (Å²) in [5, 5.41) is 3.46. The van der Waals surface area contributed by atoms with E-state index in [0.29, 0.717) is 11.8 Å². The number of carbonyl (C=O) groups is 1. The van der Waals surface area contributed by atoms with Crippen LogP contribution in [0.5, 0.6) is 5.75 Å². The number of halogens is 1. The molecule has 1 aliphatic carbocycles. The van der Waals surface area contributed by atoms with Crippen molar-refractivity contribution in [2.45, 2.75) is 25.8 Å². The van der Waals surface area contributed by atoms with Crippen molar-refractivity contribution in [2.75, 3.05) is 60.5 Å². The molecule has 168 valence electrons. The number of aliphatic imine (C=N–C) groups is 1. The van der Waals surface area contributed by atoms with Crippen molar-refractivity contribution in [3.05, 3.63) is 29.8 Å². The first-order valence-electron chi connectivity index (χ1n) is 10.7. The highest BCUT2D eigenvalue weighted by atomic mass is 127. The first-order chi connectivity index (χ1) is 14.1. The van der Waals surface area contributed by atoms with Crippen LogP contribution in [0.2, 0.25) is 0 Å². The van der Waals surface area contributed by atoms with Crippen molar-refractivity contribution in [3.8, 4) is 5.75 Å². The number of methoxy groups -OCH3 is 1. The van der Waals surface area contributed by atoms with Crippen molar-refractivity contribution < 1.29 is 9.53 Å². The van der Waals surface area contributed by atoms with Gasteiger partial charge in [-0.1, -0.05) is 18.6 Å². The van der Waals surface area contributed by atoms with Crippen LogP contribution in [-0.2, 0) is 11.3 Å². The summed E-state index contributed by atoms with van der Waals surface area (Å²) in [6.45, 7) is 6.23. The van der Waals surface area contributed by atoms with Gasteiger partial charge in [0.05, 0.1) is 7.11 Å². The van der Waals surface area contributed by atoms with Crippen LogP contribution in [0, 0.1) is 5.92 Å². The molecule has 1 aliphatic heterocycles. The number of benzene rings is 1. The Hall–Kier alpha value is -1.55. The van der Waals surface area contributed by atoms with E-state index in [2.05, 4.69) is 37.1 Å². The molecule has 1 saturated heterocycles. The van der Waals surface area contributed by atoms with Gasteiger partial charge in [0.25, 0.3) is 0 Å². The Bertz CT molecular complexity index is 685. The summed E-state index contributed by atoms with van der Waals surface area (Å²) < 4.78 is 5.22. The van der Waals surface area contributed by atoms with Crippen LogP contribution in [0.25, 0.3) is 0 Å². The smallest absolute Gasteiger partial charge is 0.225 e. The summed E-state index contributed by atoms with van der Waals surface area (Å²) in [5.74, 6) is 2.45. The molecule has 7 nitrogen and oxygen atoms in total. The molecule has 2 fully saturated rings. The molecule has 1 amide bonds. The third kappa shape index (κ3) is 6.73. The highest BCUT2D eigenvalue weighted by Gasteiger charge is 2.31. The number of ether oxygens (including phenoxy) is 1. The molecule has 3 rings (SSSR count). The lowest BCUT2D eigenvalue weighted by Gasteiger charge is -2.38. The maximum atomic E-state index is 12.4. The van der Waals surface area contributed by atoms with Gasteiger partial charge < -0.3 is 19.9 Å². The van der Waals surface area contributed by atoms with E-state index in [0.717, 1.165) is 70.4 Å². The van der Waals surface area contributed by atoms with Crippen molar-refractivity contribution in [3.63, 3.8) is 0 Å². The first kappa shape index (κ1) is 24.7. The maximum absolute atomic E-state index is 12.4. The van der Waals surface area contributed by atoms with Crippen molar-refractivity contribution in [1.29, 1.82) is 0 Å². The molecule has 0 spiro atoms. The summed E-state index contributed by atoms with van der Waals surface area (Å²) in [6.07, 6.45) is 3.40. The molecule has 1 aromatic carbocycles. The predicted octanol–water partition coefficient (Wildman–Crippen LogP) is 2.26. The summed E-state index contributed by atoms with van der Waals surface area (Å²) in [5.41, 5.74) is 1.21. The van der Waals surface area contributed by atoms with Gasteiger partial charge in [-0.05, 0) is 30.5 Å². The molecule has 0 aromatic heterocycles. The van der Waals surface area contributed by atoms with E-state index in [9.17, 15) is 4.79 Å². The number of nitrogens with one attached hydrogen (secondary N) is 1. The SMILES string of the molecule is CN=C(NCCN1CCN(C(=O)C2CCC2)CC1)N(C)Cc1ccc(OC)cc1.I. The van der Waals surface area contributed by atoms with Gasteiger partial charge in [0.1, 0.15) is 5.75 Å². The number of amides is 1. The van der Waals surface area contributed by atoms with Crippen LogP contribution in [0.4, 0.5) is 0 Å². The average molecular weight is 529 g/mol. The standard InChI is InChI=1S/C22H35N5O2.HI/c1-23-22(25(2)17-18-7-9-20(29-3)10-8-18)24-11-12-26-13-15-27(16-14-26)21(28)19-5-4-6-19;/h7-10,19H,4-6,11-17H2,1-3H3,(H,23,24);1H. The lowest BCUT2D eigenvalue weighted by atomic mass is 9.84. The molecule has 30 heavy (non-hydrogen) atoms. The third-order valence-electron chi connectivity index (χ3n) is 6.00. The van der Waals surface area contributed by atoms with E-state index >= 15 is 0 Å². The Kier molecular flexibility index (Phi) is 10.2. The molecule has 0 atom stereocenters. The van der Waals surface area contributed by atoms with Gasteiger partial charge in [0.15, 0.2) is 5.96 Å². The van der Waals surface area contributed by atoms with Gasteiger partial charge in [-0.15, -0.1) is 24.0 Å². The largest absolute Gasteiger partial charge is 0.497 e. The Labute approximate surface area is 197 Å². The van der Waals surface area contributed by atoms with Crippen LogP contribution in [-0.4, -0.2) is 87.0 Å². The second-order valence-corrected chi connectivity index (χ2v) is 7.97. The second-order valence-electron chi connectivity index (χ2n) is 7.97. The number of hydrogen-bond donors (Lipinski definition) is 1. The van der Waals surface area contributed by atoms with Crippen LogP contribution in [0.1, 0.15) is 24.8 Å². The fourth-order valence-corrected chi connectivity index (χ4v) is 3.90. The third-order valence-corrected chi connectivity index (χ3v) is 6.00. The number of nitrogens with zero attached hydrogens (tertiary/aromatic N) is 4. The van der Waals surface area contributed by atoms with E-state index in [4.69, 9.17) is 4.74 Å². The normalized spacial score (nSPS) is 17.7. The Morgan fingerprint density at radius 3 is 2.40 bits per heavy atom.